The summed E-state index contributed by atoms with van der Waals surface area (Å²) in [6.45, 7) is 6.76. The molecule has 1 aliphatic rings. The molecule has 0 saturated carbocycles. The number of thioether (sulfide) groups is 1. The van der Waals surface area contributed by atoms with Crippen molar-refractivity contribution in [2.75, 3.05) is 0 Å². The molecule has 0 bridgehead atoms. The SMILES string of the molecule is CC(C)CC1(C)NC=CS1. The smallest absolute Gasteiger partial charge is 0.0843 e. The van der Waals surface area contributed by atoms with Gasteiger partial charge in [-0.1, -0.05) is 13.8 Å². The molecular weight excluding hydrogens is 142 g/mol. The van der Waals surface area contributed by atoms with Crippen LogP contribution in [0.25, 0.3) is 0 Å². The zero-order valence-electron chi connectivity index (χ0n) is 6.85. The van der Waals surface area contributed by atoms with Gasteiger partial charge in [-0.15, -0.1) is 11.8 Å². The zero-order chi connectivity index (χ0) is 7.61. The van der Waals surface area contributed by atoms with Gasteiger partial charge in [-0.05, 0) is 24.7 Å². The molecule has 0 aromatic rings. The average Bonchev–Trinajstić information content (AvgIpc) is 2.12. The van der Waals surface area contributed by atoms with E-state index in [-0.39, 0.29) is 4.87 Å². The van der Waals surface area contributed by atoms with Crippen molar-refractivity contribution in [3.63, 3.8) is 0 Å². The van der Waals surface area contributed by atoms with E-state index in [0.29, 0.717) is 0 Å². The monoisotopic (exact) mass is 157 g/mol. The lowest BCUT2D eigenvalue weighted by molar-refractivity contribution is 0.450. The number of nitrogens with one attached hydrogen (secondary N) is 1. The number of rotatable bonds is 2. The summed E-state index contributed by atoms with van der Waals surface area (Å²) < 4.78 is 0. The van der Waals surface area contributed by atoms with Crippen LogP contribution in [-0.4, -0.2) is 4.87 Å². The van der Waals surface area contributed by atoms with Crippen molar-refractivity contribution in [1.82, 2.24) is 5.32 Å². The highest BCUT2D eigenvalue weighted by Gasteiger charge is 2.25. The summed E-state index contributed by atoms with van der Waals surface area (Å²) in [5, 5.41) is 5.47. The van der Waals surface area contributed by atoms with E-state index >= 15 is 0 Å². The molecule has 0 spiro atoms. The van der Waals surface area contributed by atoms with Crippen LogP contribution in [0.3, 0.4) is 0 Å². The minimum Gasteiger partial charge on any atom is -0.376 e. The van der Waals surface area contributed by atoms with Gasteiger partial charge in [0.2, 0.25) is 0 Å². The molecule has 58 valence electrons. The molecule has 10 heavy (non-hydrogen) atoms. The Labute approximate surface area is 67.3 Å². The van der Waals surface area contributed by atoms with Crippen LogP contribution in [0.2, 0.25) is 0 Å². The third-order valence-electron chi connectivity index (χ3n) is 1.58. The number of hydrogen-bond acceptors (Lipinski definition) is 2. The highest BCUT2D eigenvalue weighted by atomic mass is 32.2. The standard InChI is InChI=1S/C8H15NS/c1-7(2)6-8(3)9-4-5-10-8/h4-5,7,9H,6H2,1-3H3. The predicted molar refractivity (Wildman–Crippen MR) is 47.7 cm³/mol. The van der Waals surface area contributed by atoms with Gasteiger partial charge in [0.1, 0.15) is 0 Å². The second-order valence-electron chi connectivity index (χ2n) is 3.39. The third-order valence-corrected chi connectivity index (χ3v) is 2.66. The predicted octanol–water partition coefficient (Wildman–Crippen LogP) is 2.56. The fourth-order valence-corrected chi connectivity index (χ4v) is 2.32. The summed E-state index contributed by atoms with van der Waals surface area (Å²) in [6.07, 6.45) is 3.26. The summed E-state index contributed by atoms with van der Waals surface area (Å²) in [4.78, 5) is 0.272. The van der Waals surface area contributed by atoms with E-state index < -0.39 is 0 Å². The van der Waals surface area contributed by atoms with E-state index in [1.807, 2.05) is 18.0 Å². The minimum absolute atomic E-state index is 0.272. The Balaban J connectivity index is 2.38. The molecule has 1 N–H and O–H groups in total. The molecule has 0 aliphatic carbocycles. The first kappa shape index (κ1) is 7.99. The Kier molecular flexibility index (Phi) is 2.29. The van der Waals surface area contributed by atoms with E-state index in [2.05, 4.69) is 31.5 Å². The van der Waals surface area contributed by atoms with Gasteiger partial charge in [-0.25, -0.2) is 0 Å². The first-order valence-corrected chi connectivity index (χ1v) is 4.61. The van der Waals surface area contributed by atoms with Gasteiger partial charge in [0.15, 0.2) is 0 Å². The maximum Gasteiger partial charge on any atom is 0.0843 e. The first-order chi connectivity index (χ1) is 4.62. The Bertz CT molecular complexity index is 132. The second kappa shape index (κ2) is 2.87. The molecule has 1 nitrogen and oxygen atoms in total. The van der Waals surface area contributed by atoms with Crippen LogP contribution >= 0.6 is 11.8 Å². The quantitative estimate of drug-likeness (QED) is 0.661. The molecule has 0 saturated heterocycles. The highest BCUT2D eigenvalue weighted by molar-refractivity contribution is 8.03. The molecule has 0 radical (unpaired) electrons. The largest absolute Gasteiger partial charge is 0.376 e. The number of hydrogen-bond donors (Lipinski definition) is 1. The third kappa shape index (κ3) is 1.94. The summed E-state index contributed by atoms with van der Waals surface area (Å²) >= 11 is 1.88. The van der Waals surface area contributed by atoms with Crippen LogP contribution in [0, 0.1) is 5.92 Å². The van der Waals surface area contributed by atoms with E-state index in [0.717, 1.165) is 5.92 Å². The van der Waals surface area contributed by atoms with Crippen LogP contribution < -0.4 is 5.32 Å². The van der Waals surface area contributed by atoms with Gasteiger partial charge >= 0.3 is 0 Å². The van der Waals surface area contributed by atoms with Crippen LogP contribution in [0.1, 0.15) is 27.2 Å². The van der Waals surface area contributed by atoms with Crippen LogP contribution in [-0.2, 0) is 0 Å². The molecule has 1 heterocycles. The zero-order valence-corrected chi connectivity index (χ0v) is 7.66. The maximum atomic E-state index is 3.35. The second-order valence-corrected chi connectivity index (χ2v) is 4.80. The van der Waals surface area contributed by atoms with Crippen LogP contribution in [0.4, 0.5) is 0 Å². The maximum absolute atomic E-state index is 3.35. The van der Waals surface area contributed by atoms with Crippen molar-refractivity contribution >= 4 is 11.8 Å². The van der Waals surface area contributed by atoms with Crippen molar-refractivity contribution in [3.8, 4) is 0 Å². The normalized spacial score (nSPS) is 31.2. The van der Waals surface area contributed by atoms with Crippen molar-refractivity contribution < 1.29 is 0 Å². The Morgan fingerprint density at radius 2 is 2.30 bits per heavy atom. The van der Waals surface area contributed by atoms with Crippen LogP contribution in [0.15, 0.2) is 11.6 Å². The lowest BCUT2D eigenvalue weighted by atomic mass is 10.1. The lowest BCUT2D eigenvalue weighted by Gasteiger charge is -2.25. The summed E-state index contributed by atoms with van der Waals surface area (Å²) in [7, 11) is 0. The van der Waals surface area contributed by atoms with Gasteiger partial charge in [0.05, 0.1) is 4.87 Å². The topological polar surface area (TPSA) is 12.0 Å². The molecule has 2 heteroatoms. The average molecular weight is 157 g/mol. The van der Waals surface area contributed by atoms with Crippen molar-refractivity contribution in [1.29, 1.82) is 0 Å². The fraction of sp³-hybridized carbons (Fsp3) is 0.750. The van der Waals surface area contributed by atoms with E-state index in [1.165, 1.54) is 6.42 Å². The first-order valence-electron chi connectivity index (χ1n) is 3.73. The van der Waals surface area contributed by atoms with Crippen molar-refractivity contribution in [3.05, 3.63) is 11.6 Å². The lowest BCUT2D eigenvalue weighted by Crippen LogP contribution is -2.33. The fourth-order valence-electron chi connectivity index (χ4n) is 1.31. The van der Waals surface area contributed by atoms with Gasteiger partial charge in [-0.3, -0.25) is 0 Å². The Morgan fingerprint density at radius 1 is 1.60 bits per heavy atom. The minimum atomic E-state index is 0.272. The van der Waals surface area contributed by atoms with Crippen molar-refractivity contribution in [2.45, 2.75) is 32.1 Å². The van der Waals surface area contributed by atoms with Crippen molar-refractivity contribution in [2.24, 2.45) is 5.92 Å². The molecule has 1 unspecified atom stereocenters. The van der Waals surface area contributed by atoms with Gasteiger partial charge < -0.3 is 5.32 Å². The van der Waals surface area contributed by atoms with E-state index in [1.54, 1.807) is 0 Å². The van der Waals surface area contributed by atoms with E-state index in [9.17, 15) is 0 Å². The highest BCUT2D eigenvalue weighted by Crippen LogP contribution is 2.33. The molecule has 0 amide bonds. The molecule has 0 fully saturated rings. The summed E-state index contributed by atoms with van der Waals surface area (Å²) in [5.74, 6) is 0.768. The van der Waals surface area contributed by atoms with Crippen LogP contribution in [0.5, 0.6) is 0 Å². The molecule has 1 rings (SSSR count). The van der Waals surface area contributed by atoms with Gasteiger partial charge in [0, 0.05) is 6.20 Å². The van der Waals surface area contributed by atoms with E-state index in [4.69, 9.17) is 0 Å². The summed E-state index contributed by atoms with van der Waals surface area (Å²) in [6, 6.07) is 0. The molecule has 0 aromatic carbocycles. The Morgan fingerprint density at radius 3 is 2.70 bits per heavy atom. The molecule has 1 atom stereocenters. The van der Waals surface area contributed by atoms with Gasteiger partial charge in [0.25, 0.3) is 0 Å². The summed E-state index contributed by atoms with van der Waals surface area (Å²) in [5.41, 5.74) is 0. The molecule has 0 aromatic heterocycles. The molecular formula is C8H15NS. The van der Waals surface area contributed by atoms with Gasteiger partial charge in [-0.2, -0.15) is 0 Å². The Hall–Kier alpha value is -0.110. The molecule has 1 aliphatic heterocycles.